The summed E-state index contributed by atoms with van der Waals surface area (Å²) in [6.07, 6.45) is 0. The number of nitrogens with one attached hydrogen (secondary N) is 1. The smallest absolute Gasteiger partial charge is 0.124 e. The summed E-state index contributed by atoms with van der Waals surface area (Å²) in [5.74, 6) is 0.784. The third kappa shape index (κ3) is 4.32. The lowest BCUT2D eigenvalue weighted by Gasteiger charge is -2.34. The molecule has 0 radical (unpaired) electrons. The average molecular weight is 368 g/mol. The van der Waals surface area contributed by atoms with E-state index in [0.29, 0.717) is 6.61 Å². The first-order valence-electron chi connectivity index (χ1n) is 6.69. The molecule has 6 heteroatoms. The summed E-state index contributed by atoms with van der Waals surface area (Å²) in [5.41, 5.74) is 0.931. The topological polar surface area (TPSA) is 24.5 Å². The zero-order chi connectivity index (χ0) is 13.7. The van der Waals surface area contributed by atoms with Crippen LogP contribution in [-0.2, 0) is 0 Å². The van der Waals surface area contributed by atoms with Crippen molar-refractivity contribution in [2.24, 2.45) is 0 Å². The van der Waals surface area contributed by atoms with Crippen molar-refractivity contribution in [3.63, 3.8) is 0 Å². The zero-order valence-electron chi connectivity index (χ0n) is 11.6. The Labute approximate surface area is 134 Å². The van der Waals surface area contributed by atoms with Gasteiger partial charge < -0.3 is 10.1 Å². The second kappa shape index (κ2) is 8.82. The van der Waals surface area contributed by atoms with Gasteiger partial charge in [-0.2, -0.15) is 0 Å². The van der Waals surface area contributed by atoms with Crippen LogP contribution in [0.5, 0.6) is 5.75 Å². The van der Waals surface area contributed by atoms with Crippen LogP contribution in [0.1, 0.15) is 18.5 Å². The summed E-state index contributed by atoms with van der Waals surface area (Å²) >= 11 is 3.46. The maximum atomic E-state index is 13.5. The van der Waals surface area contributed by atoms with Gasteiger partial charge in [0.2, 0.25) is 0 Å². The molecule has 0 unspecified atom stereocenters. The molecule has 1 heterocycles. The van der Waals surface area contributed by atoms with E-state index in [1.54, 1.807) is 0 Å². The first-order valence-corrected chi connectivity index (χ1v) is 7.48. The molecule has 0 aliphatic carbocycles. The van der Waals surface area contributed by atoms with Gasteiger partial charge in [-0.3, -0.25) is 4.90 Å². The van der Waals surface area contributed by atoms with Gasteiger partial charge in [0.15, 0.2) is 0 Å². The largest absolute Gasteiger partial charge is 0.494 e. The van der Waals surface area contributed by atoms with E-state index >= 15 is 0 Å². The Hall–Kier alpha value is -0.360. The van der Waals surface area contributed by atoms with E-state index in [1.165, 1.54) is 0 Å². The Morgan fingerprint density at radius 1 is 1.40 bits per heavy atom. The minimum absolute atomic E-state index is 0. The van der Waals surface area contributed by atoms with Crippen LogP contribution in [0.4, 0.5) is 4.39 Å². The molecule has 1 aromatic carbocycles. The molecule has 1 aliphatic rings. The summed E-state index contributed by atoms with van der Waals surface area (Å²) in [4.78, 5) is 2.18. The van der Waals surface area contributed by atoms with E-state index in [2.05, 4.69) is 26.1 Å². The van der Waals surface area contributed by atoms with E-state index in [0.717, 1.165) is 42.0 Å². The van der Waals surface area contributed by atoms with Crippen LogP contribution in [0, 0.1) is 0 Å². The van der Waals surface area contributed by atoms with Gasteiger partial charge in [-0.15, -0.1) is 12.4 Å². The molecular formula is C14H21BrClFN2O. The first-order chi connectivity index (χ1) is 9.26. The van der Waals surface area contributed by atoms with Crippen molar-refractivity contribution in [2.75, 3.05) is 39.5 Å². The SMILES string of the molecule is CCOc1ccc(Br)cc1[C@@H](CF)N1CCNCC1.Cl. The van der Waals surface area contributed by atoms with Crippen LogP contribution in [0.25, 0.3) is 0 Å². The third-order valence-corrected chi connectivity index (χ3v) is 3.86. The maximum Gasteiger partial charge on any atom is 0.124 e. The molecule has 0 saturated carbocycles. The lowest BCUT2D eigenvalue weighted by atomic mass is 10.0. The fraction of sp³-hybridized carbons (Fsp3) is 0.571. The van der Waals surface area contributed by atoms with E-state index in [-0.39, 0.29) is 18.4 Å². The van der Waals surface area contributed by atoms with Crippen molar-refractivity contribution in [1.82, 2.24) is 10.2 Å². The van der Waals surface area contributed by atoms with Gasteiger partial charge >= 0.3 is 0 Å². The number of hydrogen-bond acceptors (Lipinski definition) is 3. The Morgan fingerprint density at radius 2 is 2.10 bits per heavy atom. The van der Waals surface area contributed by atoms with Crippen molar-refractivity contribution < 1.29 is 9.13 Å². The lowest BCUT2D eigenvalue weighted by molar-refractivity contribution is 0.144. The van der Waals surface area contributed by atoms with Crippen LogP contribution in [0.2, 0.25) is 0 Å². The van der Waals surface area contributed by atoms with Crippen molar-refractivity contribution in [2.45, 2.75) is 13.0 Å². The van der Waals surface area contributed by atoms with Gasteiger partial charge in [0, 0.05) is 36.2 Å². The van der Waals surface area contributed by atoms with Gasteiger partial charge in [0.05, 0.1) is 12.6 Å². The van der Waals surface area contributed by atoms with Crippen LogP contribution >= 0.6 is 28.3 Å². The maximum absolute atomic E-state index is 13.5. The van der Waals surface area contributed by atoms with Crippen LogP contribution < -0.4 is 10.1 Å². The lowest BCUT2D eigenvalue weighted by Crippen LogP contribution is -2.45. The molecule has 3 nitrogen and oxygen atoms in total. The predicted molar refractivity (Wildman–Crippen MR) is 85.7 cm³/mol. The predicted octanol–water partition coefficient (Wildman–Crippen LogP) is 3.19. The standard InChI is InChI=1S/C14H20BrFN2O.ClH/c1-2-19-14-4-3-11(15)9-12(14)13(10-16)18-7-5-17-6-8-18;/h3-4,9,13,17H,2,5-8,10H2,1H3;1H/t13-;/m1./s1. The number of alkyl halides is 1. The molecule has 1 fully saturated rings. The second-order valence-corrected chi connectivity index (χ2v) is 5.49. The quantitative estimate of drug-likeness (QED) is 0.865. The van der Waals surface area contributed by atoms with E-state index in [9.17, 15) is 4.39 Å². The first kappa shape index (κ1) is 17.7. The fourth-order valence-electron chi connectivity index (χ4n) is 2.44. The van der Waals surface area contributed by atoms with Gasteiger partial charge in [-0.1, -0.05) is 15.9 Å². The zero-order valence-corrected chi connectivity index (χ0v) is 14.0. The molecule has 0 amide bonds. The fourth-order valence-corrected chi connectivity index (χ4v) is 2.82. The van der Waals surface area contributed by atoms with E-state index in [1.807, 2.05) is 25.1 Å². The minimum Gasteiger partial charge on any atom is -0.494 e. The highest BCUT2D eigenvalue weighted by molar-refractivity contribution is 9.10. The van der Waals surface area contributed by atoms with Crippen molar-refractivity contribution in [1.29, 1.82) is 0 Å². The molecule has 0 bridgehead atoms. The Kier molecular flexibility index (Phi) is 7.80. The second-order valence-electron chi connectivity index (χ2n) is 4.57. The highest BCUT2D eigenvalue weighted by atomic mass is 79.9. The van der Waals surface area contributed by atoms with Crippen molar-refractivity contribution in [3.8, 4) is 5.75 Å². The minimum atomic E-state index is -0.392. The van der Waals surface area contributed by atoms with Gasteiger partial charge in [0.1, 0.15) is 12.4 Å². The van der Waals surface area contributed by atoms with Crippen molar-refractivity contribution in [3.05, 3.63) is 28.2 Å². The molecule has 20 heavy (non-hydrogen) atoms. The summed E-state index contributed by atoms with van der Waals surface area (Å²) in [5, 5.41) is 3.29. The number of hydrogen-bond donors (Lipinski definition) is 1. The number of halogens is 3. The summed E-state index contributed by atoms with van der Waals surface area (Å²) in [6, 6.07) is 5.59. The summed E-state index contributed by atoms with van der Waals surface area (Å²) < 4.78 is 20.1. The molecule has 0 spiro atoms. The highest BCUT2D eigenvalue weighted by Crippen LogP contribution is 2.32. The molecular weight excluding hydrogens is 347 g/mol. The van der Waals surface area contributed by atoms with Gasteiger partial charge in [-0.25, -0.2) is 4.39 Å². The van der Waals surface area contributed by atoms with Crippen LogP contribution in [0.15, 0.2) is 22.7 Å². The number of benzene rings is 1. The monoisotopic (exact) mass is 366 g/mol. The number of ether oxygens (including phenoxy) is 1. The Balaban J connectivity index is 0.00000200. The Morgan fingerprint density at radius 3 is 2.70 bits per heavy atom. The average Bonchev–Trinajstić information content (AvgIpc) is 2.44. The normalized spacial score (nSPS) is 17.4. The molecule has 1 aliphatic heterocycles. The van der Waals surface area contributed by atoms with E-state index in [4.69, 9.17) is 4.74 Å². The third-order valence-electron chi connectivity index (χ3n) is 3.37. The number of piperazine rings is 1. The number of nitrogens with zero attached hydrogens (tertiary/aromatic N) is 1. The van der Waals surface area contributed by atoms with Crippen LogP contribution in [0.3, 0.4) is 0 Å². The van der Waals surface area contributed by atoms with E-state index < -0.39 is 6.67 Å². The molecule has 1 saturated heterocycles. The van der Waals surface area contributed by atoms with Gasteiger partial charge in [-0.05, 0) is 25.1 Å². The number of rotatable bonds is 5. The molecule has 114 valence electrons. The molecule has 2 rings (SSSR count). The highest BCUT2D eigenvalue weighted by Gasteiger charge is 2.25. The summed E-state index contributed by atoms with van der Waals surface area (Å²) in [7, 11) is 0. The van der Waals surface area contributed by atoms with Crippen molar-refractivity contribution >= 4 is 28.3 Å². The molecule has 0 aromatic heterocycles. The molecule has 1 aromatic rings. The van der Waals surface area contributed by atoms with Crippen LogP contribution in [-0.4, -0.2) is 44.4 Å². The summed E-state index contributed by atoms with van der Waals surface area (Å²) in [6.45, 7) is 5.70. The molecule has 1 atom stereocenters. The Bertz CT molecular complexity index is 416. The van der Waals surface area contributed by atoms with Gasteiger partial charge in [0.25, 0.3) is 0 Å². The molecule has 1 N–H and O–H groups in total.